The lowest BCUT2D eigenvalue weighted by Crippen LogP contribution is -2.28. The zero-order valence-corrected chi connectivity index (χ0v) is 12.0. The van der Waals surface area contributed by atoms with E-state index in [0.29, 0.717) is 6.42 Å². The Balaban J connectivity index is 2.76. The molecule has 1 rings (SSSR count). The number of methoxy groups -OCH3 is 1. The van der Waals surface area contributed by atoms with Crippen molar-refractivity contribution in [3.8, 4) is 0 Å². The van der Waals surface area contributed by atoms with Crippen molar-refractivity contribution in [3.63, 3.8) is 0 Å². The van der Waals surface area contributed by atoms with Gasteiger partial charge in [0.25, 0.3) is 0 Å². The van der Waals surface area contributed by atoms with Gasteiger partial charge >= 0.3 is 5.97 Å². The molecule has 98 valence electrons. The predicted molar refractivity (Wildman–Crippen MR) is 76.7 cm³/mol. The fourth-order valence-electron chi connectivity index (χ4n) is 1.72. The molecule has 1 atom stereocenters. The molecule has 0 aliphatic heterocycles. The third-order valence-corrected chi connectivity index (χ3v) is 4.45. The van der Waals surface area contributed by atoms with Crippen LogP contribution < -0.4 is 0 Å². The fraction of sp³-hybridized carbons (Fsp3) is 0.400. The highest BCUT2D eigenvalue weighted by atomic mass is 32.2. The van der Waals surface area contributed by atoms with E-state index in [1.165, 1.54) is 12.0 Å². The molecule has 2 nitrogen and oxygen atoms in total. The lowest BCUT2D eigenvalue weighted by atomic mass is 9.85. The average molecular weight is 264 g/mol. The molecular weight excluding hydrogens is 244 g/mol. The minimum atomic E-state index is -0.185. The number of benzene rings is 1. The second-order valence-corrected chi connectivity index (χ2v) is 6.04. The van der Waals surface area contributed by atoms with Crippen molar-refractivity contribution < 1.29 is 9.53 Å². The van der Waals surface area contributed by atoms with Crippen molar-refractivity contribution in [2.75, 3.05) is 7.11 Å². The molecule has 3 heteroatoms. The molecule has 0 radical (unpaired) electrons. The summed E-state index contributed by atoms with van der Waals surface area (Å²) in [7, 11) is 1.42. The Hall–Kier alpha value is -1.22. The summed E-state index contributed by atoms with van der Waals surface area (Å²) >= 11 is 1.72. The molecule has 18 heavy (non-hydrogen) atoms. The summed E-state index contributed by atoms with van der Waals surface area (Å²) in [4.78, 5) is 12.6. The Labute approximate surface area is 113 Å². The molecule has 0 aliphatic rings. The summed E-state index contributed by atoms with van der Waals surface area (Å²) < 4.78 is 4.75. The summed E-state index contributed by atoms with van der Waals surface area (Å²) in [5.41, 5.74) is -0.185. The lowest BCUT2D eigenvalue weighted by Gasteiger charge is -2.30. The van der Waals surface area contributed by atoms with Crippen LogP contribution in [0.2, 0.25) is 0 Å². The fourth-order valence-corrected chi connectivity index (χ4v) is 2.82. The molecule has 0 amide bonds. The first-order chi connectivity index (χ1) is 8.49. The van der Waals surface area contributed by atoms with Crippen molar-refractivity contribution in [2.24, 2.45) is 5.41 Å². The number of ether oxygens (including phenoxy) is 1. The van der Waals surface area contributed by atoms with Crippen LogP contribution in [0.15, 0.2) is 47.9 Å². The van der Waals surface area contributed by atoms with E-state index in [-0.39, 0.29) is 16.6 Å². The van der Waals surface area contributed by atoms with Crippen LogP contribution in [0.3, 0.4) is 0 Å². The van der Waals surface area contributed by atoms with Crippen LogP contribution in [0.1, 0.15) is 20.3 Å². The number of hydrogen-bond donors (Lipinski definition) is 0. The van der Waals surface area contributed by atoms with E-state index in [0.717, 1.165) is 0 Å². The molecule has 0 heterocycles. The number of rotatable bonds is 6. The van der Waals surface area contributed by atoms with Gasteiger partial charge in [0.2, 0.25) is 0 Å². The van der Waals surface area contributed by atoms with Crippen LogP contribution in [-0.4, -0.2) is 18.3 Å². The largest absolute Gasteiger partial charge is 0.469 e. The maximum Gasteiger partial charge on any atom is 0.306 e. The Morgan fingerprint density at radius 1 is 1.44 bits per heavy atom. The molecule has 0 N–H and O–H groups in total. The van der Waals surface area contributed by atoms with Gasteiger partial charge in [-0.1, -0.05) is 38.1 Å². The number of hydrogen-bond acceptors (Lipinski definition) is 3. The molecule has 0 aromatic heterocycles. The van der Waals surface area contributed by atoms with Crippen molar-refractivity contribution in [2.45, 2.75) is 30.4 Å². The normalized spacial score (nSPS) is 12.8. The third-order valence-electron chi connectivity index (χ3n) is 2.82. The minimum Gasteiger partial charge on any atom is -0.469 e. The van der Waals surface area contributed by atoms with Crippen molar-refractivity contribution in [3.05, 3.63) is 43.0 Å². The van der Waals surface area contributed by atoms with E-state index in [4.69, 9.17) is 4.74 Å². The highest BCUT2D eigenvalue weighted by Crippen LogP contribution is 2.38. The number of carbonyl (C=O) groups is 1. The van der Waals surface area contributed by atoms with Gasteiger partial charge in [-0.25, -0.2) is 0 Å². The zero-order valence-electron chi connectivity index (χ0n) is 11.2. The van der Waals surface area contributed by atoms with Crippen LogP contribution in [-0.2, 0) is 9.53 Å². The van der Waals surface area contributed by atoms with Gasteiger partial charge in [-0.3, -0.25) is 4.79 Å². The van der Waals surface area contributed by atoms with Crippen LogP contribution in [0.25, 0.3) is 0 Å². The van der Waals surface area contributed by atoms with Crippen molar-refractivity contribution in [1.82, 2.24) is 0 Å². The lowest BCUT2D eigenvalue weighted by molar-refractivity contribution is -0.142. The summed E-state index contributed by atoms with van der Waals surface area (Å²) in [5.74, 6) is -0.180. The van der Waals surface area contributed by atoms with Gasteiger partial charge < -0.3 is 4.74 Å². The van der Waals surface area contributed by atoms with E-state index >= 15 is 0 Å². The second-order valence-electron chi connectivity index (χ2n) is 4.83. The van der Waals surface area contributed by atoms with Crippen molar-refractivity contribution in [1.29, 1.82) is 0 Å². The molecule has 0 bridgehead atoms. The quantitative estimate of drug-likeness (QED) is 0.442. The van der Waals surface area contributed by atoms with Crippen LogP contribution in [0, 0.1) is 5.41 Å². The number of esters is 1. The molecular formula is C15H20O2S. The molecule has 1 unspecified atom stereocenters. The standard InChI is InChI=1S/C15H20O2S/c1-5-13(15(2,3)11-14(16)17-4)18-12-9-7-6-8-10-12/h5-10,13H,1,11H2,2-4H3. The molecule has 1 aromatic rings. The SMILES string of the molecule is C=CC(Sc1ccccc1)C(C)(C)CC(=O)OC. The van der Waals surface area contributed by atoms with Gasteiger partial charge in [-0.2, -0.15) is 0 Å². The van der Waals surface area contributed by atoms with E-state index in [2.05, 4.69) is 32.6 Å². The Morgan fingerprint density at radius 2 is 2.06 bits per heavy atom. The zero-order chi connectivity index (χ0) is 13.6. The molecule has 0 aliphatic carbocycles. The predicted octanol–water partition coefficient (Wildman–Crippen LogP) is 3.92. The third kappa shape index (κ3) is 4.22. The average Bonchev–Trinajstić information content (AvgIpc) is 2.36. The van der Waals surface area contributed by atoms with Crippen LogP contribution >= 0.6 is 11.8 Å². The highest BCUT2D eigenvalue weighted by Gasteiger charge is 2.31. The Bertz CT molecular complexity index is 398. The van der Waals surface area contributed by atoms with E-state index in [1.54, 1.807) is 11.8 Å². The minimum absolute atomic E-state index is 0.166. The second kappa shape index (κ2) is 6.64. The number of carbonyl (C=O) groups excluding carboxylic acids is 1. The molecule has 0 saturated heterocycles. The van der Waals surface area contributed by atoms with Gasteiger partial charge in [0.1, 0.15) is 0 Å². The summed E-state index contributed by atoms with van der Waals surface area (Å²) in [5, 5.41) is 0.166. The molecule has 0 spiro atoms. The van der Waals surface area contributed by atoms with Gasteiger partial charge in [0.05, 0.1) is 13.5 Å². The van der Waals surface area contributed by atoms with Gasteiger partial charge in [0.15, 0.2) is 0 Å². The van der Waals surface area contributed by atoms with Crippen LogP contribution in [0.5, 0.6) is 0 Å². The maximum absolute atomic E-state index is 11.4. The first-order valence-corrected chi connectivity index (χ1v) is 6.78. The van der Waals surface area contributed by atoms with E-state index in [9.17, 15) is 4.79 Å². The molecule has 0 fully saturated rings. The smallest absolute Gasteiger partial charge is 0.306 e. The summed E-state index contributed by atoms with van der Waals surface area (Å²) in [6, 6.07) is 10.1. The van der Waals surface area contributed by atoms with E-state index in [1.807, 2.05) is 24.3 Å². The Kier molecular flexibility index (Phi) is 5.48. The van der Waals surface area contributed by atoms with Crippen LogP contribution in [0.4, 0.5) is 0 Å². The maximum atomic E-state index is 11.4. The topological polar surface area (TPSA) is 26.3 Å². The highest BCUT2D eigenvalue weighted by molar-refractivity contribution is 8.00. The molecule has 1 aromatic carbocycles. The summed E-state index contributed by atoms with van der Waals surface area (Å²) in [6.07, 6.45) is 2.29. The van der Waals surface area contributed by atoms with Gasteiger partial charge in [-0.05, 0) is 17.5 Å². The van der Waals surface area contributed by atoms with Gasteiger partial charge in [0, 0.05) is 10.1 Å². The van der Waals surface area contributed by atoms with Gasteiger partial charge in [-0.15, -0.1) is 18.3 Å². The molecule has 0 saturated carbocycles. The number of thioether (sulfide) groups is 1. The van der Waals surface area contributed by atoms with E-state index < -0.39 is 0 Å². The first kappa shape index (κ1) is 14.8. The first-order valence-electron chi connectivity index (χ1n) is 5.90. The Morgan fingerprint density at radius 3 is 2.56 bits per heavy atom. The van der Waals surface area contributed by atoms with Crippen molar-refractivity contribution >= 4 is 17.7 Å². The summed E-state index contributed by atoms with van der Waals surface area (Å²) in [6.45, 7) is 8.01. The monoisotopic (exact) mass is 264 g/mol.